The van der Waals surface area contributed by atoms with Gasteiger partial charge in [0.2, 0.25) is 5.91 Å². The minimum atomic E-state index is -0.186. The van der Waals surface area contributed by atoms with Crippen LogP contribution in [-0.4, -0.2) is 41.3 Å². The molecule has 3 aromatic rings. The molecule has 5 rings (SSSR count). The first-order valence-electron chi connectivity index (χ1n) is 12.9. The third-order valence-corrected chi connectivity index (χ3v) is 7.28. The van der Waals surface area contributed by atoms with Gasteiger partial charge >= 0.3 is 0 Å². The molecule has 1 fully saturated rings. The van der Waals surface area contributed by atoms with Gasteiger partial charge in [0.15, 0.2) is 0 Å². The molecule has 0 radical (unpaired) electrons. The van der Waals surface area contributed by atoms with Gasteiger partial charge in [-0.15, -0.1) is 0 Å². The van der Waals surface area contributed by atoms with Gasteiger partial charge < -0.3 is 15.1 Å². The van der Waals surface area contributed by atoms with Crippen LogP contribution in [-0.2, 0) is 24.3 Å². The fourth-order valence-corrected chi connectivity index (χ4v) is 5.39. The van der Waals surface area contributed by atoms with Gasteiger partial charge in [0.25, 0.3) is 5.91 Å². The van der Waals surface area contributed by atoms with Gasteiger partial charge in [-0.3, -0.25) is 9.59 Å². The van der Waals surface area contributed by atoms with Crippen molar-refractivity contribution in [3.05, 3.63) is 94.2 Å². The molecule has 0 spiro atoms. The molecular weight excluding hydrogens is 448 g/mol. The number of anilines is 1. The van der Waals surface area contributed by atoms with Crippen molar-refractivity contribution in [2.24, 2.45) is 5.92 Å². The monoisotopic (exact) mass is 482 g/mol. The number of fused-ring (bicyclic) bond motifs is 1. The van der Waals surface area contributed by atoms with Gasteiger partial charge in [-0.05, 0) is 68.0 Å². The van der Waals surface area contributed by atoms with E-state index in [4.69, 9.17) is 0 Å². The van der Waals surface area contributed by atoms with E-state index in [0.29, 0.717) is 25.2 Å². The Morgan fingerprint density at radius 1 is 1.00 bits per heavy atom. The number of nitrogens with zero attached hydrogens (tertiary/aromatic N) is 3. The first-order valence-corrected chi connectivity index (χ1v) is 12.9. The van der Waals surface area contributed by atoms with E-state index in [0.717, 1.165) is 54.9 Å². The molecule has 2 aliphatic rings. The normalized spacial score (nSPS) is 17.4. The Morgan fingerprint density at radius 2 is 1.78 bits per heavy atom. The van der Waals surface area contributed by atoms with E-state index < -0.39 is 0 Å². The number of nitrogens with one attached hydrogen (secondary N) is 1. The van der Waals surface area contributed by atoms with E-state index >= 15 is 0 Å². The summed E-state index contributed by atoms with van der Waals surface area (Å²) in [7, 11) is 0. The van der Waals surface area contributed by atoms with Crippen molar-refractivity contribution in [1.82, 2.24) is 15.2 Å². The zero-order chi connectivity index (χ0) is 25.1. The molecule has 0 saturated carbocycles. The number of carbonyl (C=O) groups excluding carboxylic acids is 2. The number of aromatic nitrogens is 1. The summed E-state index contributed by atoms with van der Waals surface area (Å²) >= 11 is 0. The third-order valence-electron chi connectivity index (χ3n) is 7.28. The van der Waals surface area contributed by atoms with E-state index in [1.54, 1.807) is 0 Å². The molecule has 1 atom stereocenters. The fourth-order valence-electron chi connectivity index (χ4n) is 5.39. The lowest BCUT2D eigenvalue weighted by atomic mass is 9.96. The molecule has 36 heavy (non-hydrogen) atoms. The highest BCUT2D eigenvalue weighted by Gasteiger charge is 2.29. The first-order chi connectivity index (χ1) is 17.5. The van der Waals surface area contributed by atoms with Crippen molar-refractivity contribution in [3.8, 4) is 0 Å². The second kappa shape index (κ2) is 10.5. The molecule has 2 aliphatic heterocycles. The van der Waals surface area contributed by atoms with Crippen molar-refractivity contribution in [2.75, 3.05) is 24.5 Å². The van der Waals surface area contributed by atoms with Crippen LogP contribution in [0, 0.1) is 19.8 Å². The Kier molecular flexibility index (Phi) is 7.03. The van der Waals surface area contributed by atoms with Gasteiger partial charge in [-0.2, -0.15) is 0 Å². The molecule has 6 heteroatoms. The van der Waals surface area contributed by atoms with Crippen LogP contribution < -0.4 is 10.2 Å². The third kappa shape index (κ3) is 5.43. The molecule has 3 heterocycles. The van der Waals surface area contributed by atoms with Crippen LogP contribution in [0.25, 0.3) is 0 Å². The Balaban J connectivity index is 1.15. The topological polar surface area (TPSA) is 65.5 Å². The predicted octanol–water partition coefficient (Wildman–Crippen LogP) is 4.43. The van der Waals surface area contributed by atoms with Crippen LogP contribution in [0.15, 0.2) is 60.8 Å². The fraction of sp³-hybridized carbons (Fsp3) is 0.367. The smallest absolute Gasteiger partial charge is 0.253 e. The summed E-state index contributed by atoms with van der Waals surface area (Å²) in [5.41, 5.74) is 6.62. The second-order valence-electron chi connectivity index (χ2n) is 10.1. The van der Waals surface area contributed by atoms with E-state index in [2.05, 4.69) is 45.5 Å². The highest BCUT2D eigenvalue weighted by molar-refractivity contribution is 5.95. The number of likely N-dealkylation sites (tertiary alicyclic amines) is 1. The molecule has 1 N–H and O–H groups in total. The van der Waals surface area contributed by atoms with Gasteiger partial charge in [0, 0.05) is 44.5 Å². The highest BCUT2D eigenvalue weighted by atomic mass is 16.2. The summed E-state index contributed by atoms with van der Waals surface area (Å²) in [6.45, 7) is 7.44. The van der Waals surface area contributed by atoms with E-state index in [-0.39, 0.29) is 17.7 Å². The first kappa shape index (κ1) is 24.0. The molecule has 186 valence electrons. The number of aryl methyl sites for hydroxylation is 2. The van der Waals surface area contributed by atoms with E-state index in [1.165, 1.54) is 11.1 Å². The summed E-state index contributed by atoms with van der Waals surface area (Å²) in [6.07, 6.45) is 4.52. The average molecular weight is 483 g/mol. The minimum absolute atomic E-state index is 0.00429. The number of benzene rings is 2. The number of rotatable bonds is 5. The zero-order valence-electron chi connectivity index (χ0n) is 21.2. The zero-order valence-corrected chi connectivity index (χ0v) is 21.2. The maximum Gasteiger partial charge on any atom is 0.253 e. The Morgan fingerprint density at radius 3 is 2.53 bits per heavy atom. The molecule has 0 aliphatic carbocycles. The van der Waals surface area contributed by atoms with Crippen LogP contribution in [0.3, 0.4) is 0 Å². The van der Waals surface area contributed by atoms with Gasteiger partial charge in [0.1, 0.15) is 5.82 Å². The van der Waals surface area contributed by atoms with Crippen molar-refractivity contribution in [3.63, 3.8) is 0 Å². The maximum atomic E-state index is 13.1. The van der Waals surface area contributed by atoms with Crippen molar-refractivity contribution in [2.45, 2.75) is 46.2 Å². The quantitative estimate of drug-likeness (QED) is 0.584. The van der Waals surface area contributed by atoms with Gasteiger partial charge in [-0.1, -0.05) is 47.5 Å². The standard InChI is InChI=1S/C30H34N4O2/c1-21-14-22(2)16-27(15-21)30(36)34-12-5-8-26(20-34)29(35)32-18-23-9-10-28(31-17-23)33-13-11-24-6-3-4-7-25(24)19-33/h3-4,6-7,9-10,14-17,26H,5,8,11-13,18-20H2,1-2H3,(H,32,35). The highest BCUT2D eigenvalue weighted by Crippen LogP contribution is 2.23. The molecule has 1 saturated heterocycles. The number of hydrogen-bond acceptors (Lipinski definition) is 4. The van der Waals surface area contributed by atoms with Crippen molar-refractivity contribution >= 4 is 17.6 Å². The summed E-state index contributed by atoms with van der Waals surface area (Å²) in [5.74, 6) is 0.797. The lowest BCUT2D eigenvalue weighted by molar-refractivity contribution is -0.126. The molecule has 2 amide bonds. The summed E-state index contributed by atoms with van der Waals surface area (Å²) in [6, 6.07) is 18.6. The van der Waals surface area contributed by atoms with Crippen molar-refractivity contribution < 1.29 is 9.59 Å². The Hall–Kier alpha value is -3.67. The molecule has 2 aromatic carbocycles. The van der Waals surface area contributed by atoms with Crippen LogP contribution in [0.5, 0.6) is 0 Å². The number of carbonyl (C=O) groups is 2. The van der Waals surface area contributed by atoms with Crippen LogP contribution >= 0.6 is 0 Å². The number of piperidine rings is 1. The Bertz CT molecular complexity index is 1230. The largest absolute Gasteiger partial charge is 0.352 e. The SMILES string of the molecule is Cc1cc(C)cc(C(=O)N2CCCC(C(=O)NCc3ccc(N4CCc5ccccc5C4)nc3)C2)c1. The lowest BCUT2D eigenvalue weighted by Crippen LogP contribution is -2.45. The number of pyridine rings is 1. The molecule has 1 unspecified atom stereocenters. The molecule has 6 nitrogen and oxygen atoms in total. The van der Waals surface area contributed by atoms with E-state index in [9.17, 15) is 9.59 Å². The molecule has 1 aromatic heterocycles. The van der Waals surface area contributed by atoms with Gasteiger partial charge in [-0.25, -0.2) is 4.98 Å². The minimum Gasteiger partial charge on any atom is -0.352 e. The van der Waals surface area contributed by atoms with Crippen molar-refractivity contribution in [1.29, 1.82) is 0 Å². The summed E-state index contributed by atoms with van der Waals surface area (Å²) in [4.78, 5) is 34.8. The molecule has 0 bridgehead atoms. The predicted molar refractivity (Wildman–Crippen MR) is 142 cm³/mol. The number of amides is 2. The van der Waals surface area contributed by atoms with Crippen LogP contribution in [0.2, 0.25) is 0 Å². The Labute approximate surface area is 213 Å². The van der Waals surface area contributed by atoms with Crippen LogP contribution in [0.1, 0.15) is 51.0 Å². The summed E-state index contributed by atoms with van der Waals surface area (Å²) in [5, 5.41) is 3.07. The van der Waals surface area contributed by atoms with Gasteiger partial charge in [0.05, 0.1) is 5.92 Å². The maximum absolute atomic E-state index is 13.1. The summed E-state index contributed by atoms with van der Waals surface area (Å²) < 4.78 is 0. The lowest BCUT2D eigenvalue weighted by Gasteiger charge is -2.32. The molecular formula is C30H34N4O2. The second-order valence-corrected chi connectivity index (χ2v) is 10.1. The van der Waals surface area contributed by atoms with Crippen LogP contribution in [0.4, 0.5) is 5.82 Å². The number of hydrogen-bond donors (Lipinski definition) is 1. The average Bonchev–Trinajstić information content (AvgIpc) is 2.91. The van der Waals surface area contributed by atoms with E-state index in [1.807, 2.05) is 49.2 Å².